The number of methoxy groups -OCH3 is 1. The van der Waals surface area contributed by atoms with Crippen LogP contribution in [0.25, 0.3) is 0 Å². The van der Waals surface area contributed by atoms with E-state index in [1.165, 1.54) is 58.5 Å². The standard InChI is InChI=1S/C25H40O3/c1-17-7-9-22-21-11-10-20(18(2)8-12-23(26)27-4)24(21,3)14-15-25(22)13-5-6-19(16-17)28-25/h14-15,17-22H,5-13,16H2,1-4H3/t17-,18+,19+,20+,21-,22+,24-,25+/m0/s1. The second-order valence-electron chi connectivity index (χ2n) is 10.7. The average molecular weight is 389 g/mol. The molecule has 3 nitrogen and oxygen atoms in total. The summed E-state index contributed by atoms with van der Waals surface area (Å²) in [6, 6.07) is 0. The van der Waals surface area contributed by atoms with Crippen LogP contribution in [0.2, 0.25) is 0 Å². The summed E-state index contributed by atoms with van der Waals surface area (Å²) >= 11 is 0. The van der Waals surface area contributed by atoms with Gasteiger partial charge in [-0.3, -0.25) is 4.79 Å². The van der Waals surface area contributed by atoms with Gasteiger partial charge in [-0.05, 0) is 86.4 Å². The maximum Gasteiger partial charge on any atom is 0.305 e. The van der Waals surface area contributed by atoms with E-state index in [0.29, 0.717) is 30.3 Å². The van der Waals surface area contributed by atoms with Crippen LogP contribution < -0.4 is 0 Å². The van der Waals surface area contributed by atoms with Gasteiger partial charge in [0, 0.05) is 6.42 Å². The second kappa shape index (κ2) is 7.78. The van der Waals surface area contributed by atoms with Crippen LogP contribution in [0.5, 0.6) is 0 Å². The van der Waals surface area contributed by atoms with E-state index in [1.807, 2.05) is 0 Å². The highest BCUT2D eigenvalue weighted by atomic mass is 16.5. The topological polar surface area (TPSA) is 35.5 Å². The molecule has 2 saturated heterocycles. The Kier molecular flexibility index (Phi) is 5.68. The monoisotopic (exact) mass is 388 g/mol. The van der Waals surface area contributed by atoms with E-state index < -0.39 is 0 Å². The van der Waals surface area contributed by atoms with Crippen LogP contribution in [0.1, 0.15) is 85.0 Å². The van der Waals surface area contributed by atoms with Gasteiger partial charge in [0.25, 0.3) is 0 Å². The lowest BCUT2D eigenvalue weighted by Gasteiger charge is -2.55. The molecule has 1 spiro atoms. The SMILES string of the molecule is COC(=O)CC[C@@H](C)[C@H]1CC[C@H]2[C@H]3CC[C@H](C)C[C@H]4CCC[C@]3(C=C[C@@]12C)O4. The third kappa shape index (κ3) is 3.46. The van der Waals surface area contributed by atoms with E-state index >= 15 is 0 Å². The van der Waals surface area contributed by atoms with E-state index in [4.69, 9.17) is 9.47 Å². The van der Waals surface area contributed by atoms with Crippen molar-refractivity contribution < 1.29 is 14.3 Å². The van der Waals surface area contributed by atoms with Gasteiger partial charge in [-0.2, -0.15) is 0 Å². The summed E-state index contributed by atoms with van der Waals surface area (Å²) in [4.78, 5) is 11.6. The molecule has 2 heterocycles. The van der Waals surface area contributed by atoms with Crippen LogP contribution in [-0.2, 0) is 14.3 Å². The van der Waals surface area contributed by atoms with Crippen LogP contribution >= 0.6 is 0 Å². The van der Waals surface area contributed by atoms with Crippen molar-refractivity contribution >= 4 is 5.97 Å². The highest BCUT2D eigenvalue weighted by Gasteiger charge is 2.58. The Morgan fingerprint density at radius 1 is 1.18 bits per heavy atom. The Labute approximate surface area is 171 Å². The predicted octanol–water partition coefficient (Wildman–Crippen LogP) is 5.92. The van der Waals surface area contributed by atoms with Crippen molar-refractivity contribution in [1.82, 2.24) is 0 Å². The summed E-state index contributed by atoms with van der Waals surface area (Å²) in [5.74, 6) is 3.34. The fraction of sp³-hybridized carbons (Fsp3) is 0.880. The van der Waals surface area contributed by atoms with Crippen LogP contribution in [0.4, 0.5) is 0 Å². The minimum atomic E-state index is -0.0691. The smallest absolute Gasteiger partial charge is 0.305 e. The van der Waals surface area contributed by atoms with E-state index in [-0.39, 0.29) is 17.0 Å². The maximum absolute atomic E-state index is 11.6. The summed E-state index contributed by atoms with van der Waals surface area (Å²) in [5, 5.41) is 0. The van der Waals surface area contributed by atoms with E-state index in [1.54, 1.807) is 0 Å². The summed E-state index contributed by atoms with van der Waals surface area (Å²) in [6.45, 7) is 7.29. The number of carbonyl (C=O) groups excluding carboxylic acids is 1. The quantitative estimate of drug-likeness (QED) is 0.443. The number of ether oxygens (including phenoxy) is 2. The lowest BCUT2D eigenvalue weighted by molar-refractivity contribution is -0.170. The molecule has 28 heavy (non-hydrogen) atoms. The fourth-order valence-corrected chi connectivity index (χ4v) is 7.54. The van der Waals surface area contributed by atoms with Crippen LogP contribution in [-0.4, -0.2) is 24.8 Å². The molecule has 0 aromatic rings. The van der Waals surface area contributed by atoms with Gasteiger partial charge in [-0.1, -0.05) is 39.3 Å². The number of rotatable bonds is 4. The first kappa shape index (κ1) is 20.4. The van der Waals surface area contributed by atoms with Gasteiger partial charge in [-0.15, -0.1) is 0 Å². The largest absolute Gasteiger partial charge is 0.469 e. The summed E-state index contributed by atoms with van der Waals surface area (Å²) < 4.78 is 11.8. The van der Waals surface area contributed by atoms with Crippen molar-refractivity contribution in [3.8, 4) is 0 Å². The molecule has 2 aliphatic carbocycles. The van der Waals surface area contributed by atoms with Crippen molar-refractivity contribution in [2.24, 2.45) is 35.0 Å². The lowest BCUT2D eigenvalue weighted by atomic mass is 9.56. The number of carbonyl (C=O) groups is 1. The molecular formula is C25H40O3. The molecule has 0 amide bonds. The van der Waals surface area contributed by atoms with Gasteiger partial charge in [0.05, 0.1) is 18.8 Å². The molecule has 8 atom stereocenters. The van der Waals surface area contributed by atoms with Crippen molar-refractivity contribution in [3.05, 3.63) is 12.2 Å². The number of allylic oxidation sites excluding steroid dienone is 1. The molecule has 0 aromatic carbocycles. The molecule has 2 aliphatic heterocycles. The highest BCUT2D eigenvalue weighted by molar-refractivity contribution is 5.69. The minimum absolute atomic E-state index is 0.0113. The zero-order chi connectivity index (χ0) is 19.9. The molecular weight excluding hydrogens is 348 g/mol. The molecule has 0 N–H and O–H groups in total. The number of hydrogen-bond acceptors (Lipinski definition) is 3. The lowest BCUT2D eigenvalue weighted by Crippen LogP contribution is -2.54. The van der Waals surface area contributed by atoms with Gasteiger partial charge in [0.1, 0.15) is 0 Å². The van der Waals surface area contributed by atoms with Gasteiger partial charge >= 0.3 is 5.97 Å². The molecule has 0 unspecified atom stereocenters. The minimum Gasteiger partial charge on any atom is -0.469 e. The van der Waals surface area contributed by atoms with Gasteiger partial charge in [0.15, 0.2) is 0 Å². The molecule has 2 bridgehead atoms. The first-order valence-electron chi connectivity index (χ1n) is 11.8. The van der Waals surface area contributed by atoms with Crippen molar-refractivity contribution in [2.75, 3.05) is 7.11 Å². The van der Waals surface area contributed by atoms with Crippen molar-refractivity contribution in [2.45, 2.75) is 96.7 Å². The summed E-state index contributed by atoms with van der Waals surface area (Å²) in [6.07, 6.45) is 17.4. The van der Waals surface area contributed by atoms with Gasteiger partial charge in [-0.25, -0.2) is 0 Å². The normalized spacial score (nSPS) is 46.1. The highest BCUT2D eigenvalue weighted by Crippen LogP contribution is 2.62. The molecule has 0 aromatic heterocycles. The maximum atomic E-state index is 11.6. The molecule has 4 rings (SSSR count). The van der Waals surface area contributed by atoms with Gasteiger partial charge in [0.2, 0.25) is 0 Å². The summed E-state index contributed by atoms with van der Waals surface area (Å²) in [5.41, 5.74) is 0.265. The van der Waals surface area contributed by atoms with E-state index in [2.05, 4.69) is 32.9 Å². The number of esters is 1. The van der Waals surface area contributed by atoms with Gasteiger partial charge < -0.3 is 9.47 Å². The third-order valence-corrected chi connectivity index (χ3v) is 9.06. The Bertz CT molecular complexity index is 613. The van der Waals surface area contributed by atoms with E-state index in [9.17, 15) is 4.79 Å². The second-order valence-corrected chi connectivity index (χ2v) is 10.7. The van der Waals surface area contributed by atoms with Crippen molar-refractivity contribution in [3.63, 3.8) is 0 Å². The Morgan fingerprint density at radius 3 is 2.75 bits per heavy atom. The predicted molar refractivity (Wildman–Crippen MR) is 112 cm³/mol. The average Bonchev–Trinajstić information content (AvgIpc) is 3.02. The first-order chi connectivity index (χ1) is 13.4. The fourth-order valence-electron chi connectivity index (χ4n) is 7.54. The first-order valence-corrected chi connectivity index (χ1v) is 11.8. The summed E-state index contributed by atoms with van der Waals surface area (Å²) in [7, 11) is 1.50. The molecule has 158 valence electrons. The van der Waals surface area contributed by atoms with E-state index in [0.717, 1.165) is 18.3 Å². The number of hydrogen-bond donors (Lipinski definition) is 0. The molecule has 3 heteroatoms. The van der Waals surface area contributed by atoms with Crippen LogP contribution in [0.3, 0.4) is 0 Å². The molecule has 0 radical (unpaired) electrons. The zero-order valence-electron chi connectivity index (χ0n) is 18.4. The Morgan fingerprint density at radius 2 is 1.96 bits per heavy atom. The Hall–Kier alpha value is -0.830. The molecule has 3 fully saturated rings. The Balaban J connectivity index is 1.57. The third-order valence-electron chi connectivity index (χ3n) is 9.06. The number of fused-ring (bicyclic) bond motifs is 3. The molecule has 1 saturated carbocycles. The molecule has 4 aliphatic rings. The zero-order valence-corrected chi connectivity index (χ0v) is 18.4. The van der Waals surface area contributed by atoms with Crippen LogP contribution in [0.15, 0.2) is 12.2 Å². The van der Waals surface area contributed by atoms with Crippen molar-refractivity contribution in [1.29, 1.82) is 0 Å². The van der Waals surface area contributed by atoms with Crippen LogP contribution in [0, 0.1) is 35.0 Å².